The van der Waals surface area contributed by atoms with Crippen LogP contribution in [0.3, 0.4) is 0 Å². The Balaban J connectivity index is 1.92. The molecule has 1 atom stereocenters. The summed E-state index contributed by atoms with van der Waals surface area (Å²) in [6.45, 7) is 0. The van der Waals surface area contributed by atoms with Gasteiger partial charge in [0.2, 0.25) is 0 Å². The first-order valence-electron chi connectivity index (χ1n) is 5.73. The van der Waals surface area contributed by atoms with Crippen LogP contribution in [0.15, 0.2) is 24.3 Å². The summed E-state index contributed by atoms with van der Waals surface area (Å²) in [5.74, 6) is 1.31. The predicted octanol–water partition coefficient (Wildman–Crippen LogP) is 2.32. The fourth-order valence-electron chi connectivity index (χ4n) is 2.03. The lowest BCUT2D eigenvalue weighted by molar-refractivity contribution is 0.469. The molecule has 2 nitrogen and oxygen atoms in total. The molecule has 1 aliphatic carbocycles. The average Bonchev–Trinajstić information content (AvgIpc) is 3.01. The van der Waals surface area contributed by atoms with E-state index < -0.39 is 0 Å². The fraction of sp³-hybridized carbons (Fsp3) is 0.538. The minimum atomic E-state index is 0.369. The van der Waals surface area contributed by atoms with Crippen LogP contribution in [0.25, 0.3) is 0 Å². The van der Waals surface area contributed by atoms with Crippen LogP contribution in [-0.2, 0) is 6.42 Å². The molecule has 2 rings (SSSR count). The normalized spacial score (nSPS) is 17.7. The number of hydrogen-bond donors (Lipinski definition) is 2. The Morgan fingerprint density at radius 2 is 2.27 bits per heavy atom. The topological polar surface area (TPSA) is 32.3 Å². The molecule has 0 saturated heterocycles. The van der Waals surface area contributed by atoms with Gasteiger partial charge in [0.15, 0.2) is 0 Å². The second-order valence-corrected chi connectivity index (χ2v) is 4.54. The molecule has 1 saturated carbocycles. The number of hydrogen-bond acceptors (Lipinski definition) is 2. The van der Waals surface area contributed by atoms with Gasteiger partial charge >= 0.3 is 0 Å². The first-order valence-corrected chi connectivity index (χ1v) is 5.73. The number of nitrogens with one attached hydrogen (secondary N) is 1. The van der Waals surface area contributed by atoms with Gasteiger partial charge in [0.25, 0.3) is 0 Å². The summed E-state index contributed by atoms with van der Waals surface area (Å²) in [6, 6.07) is 8.13. The van der Waals surface area contributed by atoms with Crippen molar-refractivity contribution in [2.24, 2.45) is 5.92 Å². The van der Waals surface area contributed by atoms with Crippen LogP contribution in [0.4, 0.5) is 0 Å². The summed E-state index contributed by atoms with van der Waals surface area (Å²) in [6.07, 6.45) is 5.09. The summed E-state index contributed by atoms with van der Waals surface area (Å²) >= 11 is 0. The third-order valence-electron chi connectivity index (χ3n) is 3.12. The SMILES string of the molecule is CNC(Cc1cccc(O)c1)CC1CC1. The van der Waals surface area contributed by atoms with Crippen LogP contribution >= 0.6 is 0 Å². The van der Waals surface area contributed by atoms with E-state index >= 15 is 0 Å². The van der Waals surface area contributed by atoms with Gasteiger partial charge in [0.1, 0.15) is 5.75 Å². The van der Waals surface area contributed by atoms with Gasteiger partial charge in [-0.25, -0.2) is 0 Å². The van der Waals surface area contributed by atoms with E-state index in [4.69, 9.17) is 0 Å². The second kappa shape index (κ2) is 4.67. The molecular formula is C13H19NO. The molecule has 0 aliphatic heterocycles. The Labute approximate surface area is 91.3 Å². The predicted molar refractivity (Wildman–Crippen MR) is 62.0 cm³/mol. The summed E-state index contributed by atoms with van der Waals surface area (Å²) in [4.78, 5) is 0. The zero-order valence-corrected chi connectivity index (χ0v) is 9.24. The molecule has 0 amide bonds. The number of likely N-dealkylation sites (N-methyl/N-ethyl adjacent to an activating group) is 1. The van der Waals surface area contributed by atoms with Crippen LogP contribution in [0.2, 0.25) is 0 Å². The zero-order chi connectivity index (χ0) is 10.7. The molecule has 1 aliphatic rings. The highest BCUT2D eigenvalue weighted by Gasteiger charge is 2.24. The van der Waals surface area contributed by atoms with Gasteiger partial charge in [-0.1, -0.05) is 25.0 Å². The quantitative estimate of drug-likeness (QED) is 0.773. The number of phenolic OH excluding ortho intramolecular Hbond substituents is 1. The molecule has 2 N–H and O–H groups in total. The Bertz CT molecular complexity index is 320. The van der Waals surface area contributed by atoms with E-state index in [9.17, 15) is 5.11 Å². The van der Waals surface area contributed by atoms with Gasteiger partial charge in [-0.2, -0.15) is 0 Å². The summed E-state index contributed by atoms with van der Waals surface area (Å²) < 4.78 is 0. The highest BCUT2D eigenvalue weighted by Crippen LogP contribution is 2.34. The van der Waals surface area contributed by atoms with Crippen molar-refractivity contribution in [3.63, 3.8) is 0 Å². The van der Waals surface area contributed by atoms with Gasteiger partial charge in [-0.15, -0.1) is 0 Å². The summed E-state index contributed by atoms with van der Waals surface area (Å²) in [7, 11) is 2.02. The van der Waals surface area contributed by atoms with Crippen LogP contribution in [-0.4, -0.2) is 18.2 Å². The smallest absolute Gasteiger partial charge is 0.115 e. The maximum Gasteiger partial charge on any atom is 0.115 e. The maximum atomic E-state index is 9.37. The molecule has 1 unspecified atom stereocenters. The standard InChI is InChI=1S/C13H19NO/c1-14-12(7-10-5-6-10)8-11-3-2-4-13(15)9-11/h2-4,9-10,12,14-15H,5-8H2,1H3. The van der Waals surface area contributed by atoms with Crippen molar-refractivity contribution in [1.29, 1.82) is 0 Å². The van der Waals surface area contributed by atoms with Gasteiger partial charge in [-0.3, -0.25) is 0 Å². The average molecular weight is 205 g/mol. The Morgan fingerprint density at radius 3 is 2.87 bits per heavy atom. The van der Waals surface area contributed by atoms with Crippen molar-refractivity contribution >= 4 is 0 Å². The molecule has 0 aromatic heterocycles. The van der Waals surface area contributed by atoms with E-state index in [1.54, 1.807) is 6.07 Å². The third kappa shape index (κ3) is 3.24. The van der Waals surface area contributed by atoms with E-state index in [-0.39, 0.29) is 0 Å². The maximum absolute atomic E-state index is 9.37. The molecular weight excluding hydrogens is 186 g/mol. The van der Waals surface area contributed by atoms with Crippen LogP contribution in [0.5, 0.6) is 5.75 Å². The highest BCUT2D eigenvalue weighted by atomic mass is 16.3. The Morgan fingerprint density at radius 1 is 1.47 bits per heavy atom. The summed E-state index contributed by atoms with van der Waals surface area (Å²) in [5.41, 5.74) is 1.22. The van der Waals surface area contributed by atoms with E-state index in [1.807, 2.05) is 19.2 Å². The number of rotatable bonds is 5. The monoisotopic (exact) mass is 205 g/mol. The first kappa shape index (κ1) is 10.5. The minimum Gasteiger partial charge on any atom is -0.508 e. The van der Waals surface area contributed by atoms with Crippen molar-refractivity contribution in [3.8, 4) is 5.75 Å². The number of aromatic hydroxyl groups is 1. The third-order valence-corrected chi connectivity index (χ3v) is 3.12. The second-order valence-electron chi connectivity index (χ2n) is 4.54. The lowest BCUT2D eigenvalue weighted by Crippen LogP contribution is -2.28. The molecule has 2 heteroatoms. The lowest BCUT2D eigenvalue weighted by atomic mass is 10.0. The Kier molecular flexibility index (Phi) is 3.27. The fourth-order valence-corrected chi connectivity index (χ4v) is 2.03. The van der Waals surface area contributed by atoms with Crippen molar-refractivity contribution < 1.29 is 5.11 Å². The van der Waals surface area contributed by atoms with Crippen molar-refractivity contribution in [2.75, 3.05) is 7.05 Å². The Hall–Kier alpha value is -1.02. The van der Waals surface area contributed by atoms with Crippen molar-refractivity contribution in [2.45, 2.75) is 31.7 Å². The number of benzene rings is 1. The van der Waals surface area contributed by atoms with Gasteiger partial charge in [-0.05, 0) is 43.5 Å². The van der Waals surface area contributed by atoms with Crippen LogP contribution < -0.4 is 5.32 Å². The molecule has 1 aromatic rings. The van der Waals surface area contributed by atoms with Gasteiger partial charge < -0.3 is 10.4 Å². The number of phenols is 1. The molecule has 15 heavy (non-hydrogen) atoms. The molecule has 0 heterocycles. The molecule has 82 valence electrons. The van der Waals surface area contributed by atoms with E-state index in [1.165, 1.54) is 24.8 Å². The highest BCUT2D eigenvalue weighted by molar-refractivity contribution is 5.27. The van der Waals surface area contributed by atoms with Gasteiger partial charge in [0, 0.05) is 6.04 Å². The van der Waals surface area contributed by atoms with Gasteiger partial charge in [0.05, 0.1) is 0 Å². The molecule has 0 radical (unpaired) electrons. The zero-order valence-electron chi connectivity index (χ0n) is 9.24. The van der Waals surface area contributed by atoms with Crippen LogP contribution in [0, 0.1) is 5.92 Å². The first-order chi connectivity index (χ1) is 7.28. The molecule has 1 aromatic carbocycles. The van der Waals surface area contributed by atoms with E-state index in [0.717, 1.165) is 12.3 Å². The van der Waals surface area contributed by atoms with Crippen molar-refractivity contribution in [3.05, 3.63) is 29.8 Å². The lowest BCUT2D eigenvalue weighted by Gasteiger charge is -2.15. The summed E-state index contributed by atoms with van der Waals surface area (Å²) in [5, 5.41) is 12.7. The molecule has 1 fully saturated rings. The van der Waals surface area contributed by atoms with E-state index in [2.05, 4.69) is 11.4 Å². The minimum absolute atomic E-state index is 0.369. The van der Waals surface area contributed by atoms with E-state index in [0.29, 0.717) is 11.8 Å². The van der Waals surface area contributed by atoms with Crippen molar-refractivity contribution in [1.82, 2.24) is 5.32 Å². The largest absolute Gasteiger partial charge is 0.508 e. The molecule has 0 bridgehead atoms. The van der Waals surface area contributed by atoms with Crippen LogP contribution in [0.1, 0.15) is 24.8 Å². The molecule has 0 spiro atoms.